The summed E-state index contributed by atoms with van der Waals surface area (Å²) in [5, 5.41) is 0. The van der Waals surface area contributed by atoms with Gasteiger partial charge in [0.05, 0.1) is 0 Å². The molecule has 0 saturated heterocycles. The minimum atomic E-state index is 0. The van der Waals surface area contributed by atoms with Crippen molar-refractivity contribution in [3.05, 3.63) is 14.4 Å². The zero-order chi connectivity index (χ0) is 4.28. The molecule has 0 amide bonds. The standard InChI is InChI=1S/C4H7O.CH3.Y/c1-3-4(2)5;;/h2-3H2,1H3;1H3;/q2*-1;. The first-order valence-corrected chi connectivity index (χ1v) is 1.62. The summed E-state index contributed by atoms with van der Waals surface area (Å²) in [6.07, 6.45) is 0.556. The molecule has 0 aliphatic carbocycles. The molecule has 0 aromatic rings. The quantitative estimate of drug-likeness (QED) is 0.548. The third-order valence-electron chi connectivity index (χ3n) is 0.394. The molecule has 7 heavy (non-hydrogen) atoms. The number of Topliss-reactive ketones (excluding diaryl/α,β-unsaturated/α-hetero) is 1. The molecule has 0 aliphatic rings. The van der Waals surface area contributed by atoms with Crippen LogP contribution >= 0.6 is 0 Å². The van der Waals surface area contributed by atoms with E-state index in [1.807, 2.05) is 0 Å². The van der Waals surface area contributed by atoms with E-state index in [0.717, 1.165) is 0 Å². The van der Waals surface area contributed by atoms with E-state index < -0.39 is 0 Å². The number of ketones is 1. The van der Waals surface area contributed by atoms with E-state index >= 15 is 0 Å². The van der Waals surface area contributed by atoms with Gasteiger partial charge in [-0.05, 0) is 12.2 Å². The van der Waals surface area contributed by atoms with Gasteiger partial charge in [-0.3, -0.25) is 0 Å². The number of carbonyl (C=O) groups excluding carboxylic acids is 1. The molecule has 0 bridgehead atoms. The SMILES string of the molecule is [CH2-]C(=O)CC.[CH3-].[Y]. The maximum absolute atomic E-state index is 9.70. The van der Waals surface area contributed by atoms with Gasteiger partial charge in [0.1, 0.15) is 0 Å². The number of hydrogen-bond acceptors (Lipinski definition) is 1. The summed E-state index contributed by atoms with van der Waals surface area (Å²) in [6, 6.07) is 0. The van der Waals surface area contributed by atoms with Gasteiger partial charge in [0.15, 0.2) is 0 Å². The summed E-state index contributed by atoms with van der Waals surface area (Å²) < 4.78 is 0. The molecule has 0 aromatic carbocycles. The Morgan fingerprint density at radius 2 is 1.86 bits per heavy atom. The topological polar surface area (TPSA) is 17.1 Å². The molecule has 41 valence electrons. The Bertz CT molecular complexity index is 43.3. The molecule has 0 aromatic heterocycles. The number of hydrogen-bond donors (Lipinski definition) is 0. The summed E-state index contributed by atoms with van der Waals surface area (Å²) in [6.45, 7) is 4.91. The van der Waals surface area contributed by atoms with Crippen LogP contribution < -0.4 is 0 Å². The summed E-state index contributed by atoms with van der Waals surface area (Å²) in [7, 11) is 0. The smallest absolute Gasteiger partial charge is 0 e. The average Bonchev–Trinajstić information content (AvgIpc) is 1.38. The predicted molar refractivity (Wildman–Crippen MR) is 27.1 cm³/mol. The van der Waals surface area contributed by atoms with E-state index in [1.165, 1.54) is 0 Å². The van der Waals surface area contributed by atoms with Crippen molar-refractivity contribution in [3.8, 4) is 0 Å². The van der Waals surface area contributed by atoms with Crippen molar-refractivity contribution in [1.29, 1.82) is 0 Å². The van der Waals surface area contributed by atoms with E-state index in [2.05, 4.69) is 6.92 Å². The summed E-state index contributed by atoms with van der Waals surface area (Å²) >= 11 is 0. The second-order valence-corrected chi connectivity index (χ2v) is 0.892. The first-order valence-electron chi connectivity index (χ1n) is 1.62. The van der Waals surface area contributed by atoms with Gasteiger partial charge in [0, 0.05) is 32.7 Å². The van der Waals surface area contributed by atoms with Crippen LogP contribution in [0.5, 0.6) is 0 Å². The average molecular weight is 175 g/mol. The zero-order valence-electron chi connectivity index (χ0n) is 4.90. The van der Waals surface area contributed by atoms with Crippen LogP contribution in [0.15, 0.2) is 0 Å². The van der Waals surface area contributed by atoms with Crippen molar-refractivity contribution in [3.63, 3.8) is 0 Å². The van der Waals surface area contributed by atoms with Crippen molar-refractivity contribution in [2.45, 2.75) is 13.3 Å². The molecule has 1 nitrogen and oxygen atoms in total. The van der Waals surface area contributed by atoms with Crippen molar-refractivity contribution in [2.24, 2.45) is 0 Å². The minimum Gasteiger partial charge on any atom is -0.358 e. The van der Waals surface area contributed by atoms with E-state index in [9.17, 15) is 4.79 Å². The fraction of sp³-hybridized carbons (Fsp3) is 0.400. The second kappa shape index (κ2) is 9.81. The Balaban J connectivity index is -0.0000000800. The Morgan fingerprint density at radius 1 is 1.71 bits per heavy atom. The van der Waals surface area contributed by atoms with Crippen LogP contribution in [-0.4, -0.2) is 5.78 Å². The van der Waals surface area contributed by atoms with Crippen LogP contribution in [0.25, 0.3) is 0 Å². The number of rotatable bonds is 1. The van der Waals surface area contributed by atoms with E-state index in [-0.39, 0.29) is 45.9 Å². The van der Waals surface area contributed by atoms with Gasteiger partial charge in [-0.1, -0.05) is 6.92 Å². The molecule has 0 heterocycles. The van der Waals surface area contributed by atoms with Crippen LogP contribution in [0, 0.1) is 14.4 Å². The van der Waals surface area contributed by atoms with Crippen LogP contribution in [0.4, 0.5) is 0 Å². The van der Waals surface area contributed by atoms with Crippen LogP contribution in [-0.2, 0) is 37.5 Å². The fourth-order valence-corrected chi connectivity index (χ4v) is 0. The van der Waals surface area contributed by atoms with E-state index in [4.69, 9.17) is 0 Å². The molecule has 0 atom stereocenters. The van der Waals surface area contributed by atoms with Crippen molar-refractivity contribution in [1.82, 2.24) is 0 Å². The van der Waals surface area contributed by atoms with Gasteiger partial charge in [-0.2, -0.15) is 0 Å². The van der Waals surface area contributed by atoms with Gasteiger partial charge >= 0.3 is 0 Å². The van der Waals surface area contributed by atoms with Crippen molar-refractivity contribution < 1.29 is 37.5 Å². The third kappa shape index (κ3) is 20.5. The van der Waals surface area contributed by atoms with E-state index in [0.29, 0.717) is 6.42 Å². The molecular weight excluding hydrogens is 165 g/mol. The third-order valence-corrected chi connectivity index (χ3v) is 0.394. The Morgan fingerprint density at radius 3 is 1.86 bits per heavy atom. The van der Waals surface area contributed by atoms with Gasteiger partial charge in [-0.15, -0.1) is 0 Å². The molecule has 0 rings (SSSR count). The summed E-state index contributed by atoms with van der Waals surface area (Å²) in [4.78, 5) is 9.70. The fourth-order valence-electron chi connectivity index (χ4n) is 0. The molecule has 2 heteroatoms. The monoisotopic (exact) mass is 175 g/mol. The first-order chi connectivity index (χ1) is 2.27. The summed E-state index contributed by atoms with van der Waals surface area (Å²) in [5.74, 6) is 0.00463. The van der Waals surface area contributed by atoms with Gasteiger partial charge in [-0.25, -0.2) is 0 Å². The molecule has 0 unspecified atom stereocenters. The number of carbonyl (C=O) groups is 1. The van der Waals surface area contributed by atoms with Crippen LogP contribution in [0.3, 0.4) is 0 Å². The molecular formula is C5H10OY-2. The largest absolute Gasteiger partial charge is 0.358 e. The van der Waals surface area contributed by atoms with Crippen molar-refractivity contribution in [2.75, 3.05) is 0 Å². The van der Waals surface area contributed by atoms with Gasteiger partial charge < -0.3 is 19.1 Å². The molecule has 0 N–H and O–H groups in total. The maximum Gasteiger partial charge on any atom is 0 e. The first kappa shape index (κ1) is 15.6. The molecule has 0 aliphatic heterocycles. The van der Waals surface area contributed by atoms with Crippen LogP contribution in [0.1, 0.15) is 13.3 Å². The Kier molecular flexibility index (Phi) is 21.9. The summed E-state index contributed by atoms with van der Waals surface area (Å²) in [5.41, 5.74) is 0. The predicted octanol–water partition coefficient (Wildman–Crippen LogP) is 1.25. The van der Waals surface area contributed by atoms with E-state index in [1.54, 1.807) is 6.92 Å². The van der Waals surface area contributed by atoms with Gasteiger partial charge in [0.25, 0.3) is 0 Å². The van der Waals surface area contributed by atoms with Crippen molar-refractivity contribution >= 4 is 5.78 Å². The van der Waals surface area contributed by atoms with Gasteiger partial charge in [0.2, 0.25) is 0 Å². The Labute approximate surface area is 70.8 Å². The normalized spacial score (nSPS) is 5.29. The second-order valence-electron chi connectivity index (χ2n) is 0.892. The maximum atomic E-state index is 9.70. The molecule has 0 fully saturated rings. The molecule has 0 saturated carbocycles. The molecule has 1 radical (unpaired) electrons. The molecule has 0 spiro atoms. The Hall–Kier alpha value is 0.644. The minimum absolute atomic E-state index is 0. The van der Waals surface area contributed by atoms with Crippen LogP contribution in [0.2, 0.25) is 0 Å². The zero-order valence-corrected chi connectivity index (χ0v) is 7.74.